The van der Waals surface area contributed by atoms with Gasteiger partial charge in [0.2, 0.25) is 0 Å². The van der Waals surface area contributed by atoms with Gasteiger partial charge in [0.15, 0.2) is 0 Å². The lowest BCUT2D eigenvalue weighted by Gasteiger charge is -2.50. The molecule has 2 heteroatoms. The first-order valence-electron chi connectivity index (χ1n) is 6.31. The molecule has 86 valence electrons. The molecule has 0 aromatic heterocycles. The predicted molar refractivity (Wildman–Crippen MR) is 64.4 cm³/mol. The fourth-order valence-electron chi connectivity index (χ4n) is 3.75. The van der Waals surface area contributed by atoms with Crippen molar-refractivity contribution in [2.75, 3.05) is 6.54 Å². The number of hydrogen-bond acceptors (Lipinski definition) is 2. The van der Waals surface area contributed by atoms with Crippen LogP contribution in [0.25, 0.3) is 0 Å². The summed E-state index contributed by atoms with van der Waals surface area (Å²) < 4.78 is 0. The average Bonchev–Trinajstić information content (AvgIpc) is 2.29. The zero-order valence-corrected chi connectivity index (χ0v) is 10.00. The number of fused-ring (bicyclic) bond motifs is 1. The van der Waals surface area contributed by atoms with E-state index in [1.165, 1.54) is 19.3 Å². The molecule has 0 amide bonds. The molecule has 1 N–H and O–H groups in total. The summed E-state index contributed by atoms with van der Waals surface area (Å²) in [7, 11) is 0. The van der Waals surface area contributed by atoms with E-state index in [0.29, 0.717) is 24.2 Å². The summed E-state index contributed by atoms with van der Waals surface area (Å²) in [6.45, 7) is 3.29. The maximum atomic E-state index is 8.93. The van der Waals surface area contributed by atoms with E-state index < -0.39 is 0 Å². The zero-order valence-electron chi connectivity index (χ0n) is 10.00. The SMILES string of the molecule is C#C[C@@]12C[C@H](C)C[C@@H](CC#N)[C@H]1CCCN2. The van der Waals surface area contributed by atoms with E-state index in [1.54, 1.807) is 0 Å². The van der Waals surface area contributed by atoms with Crippen molar-refractivity contribution in [1.82, 2.24) is 5.32 Å². The largest absolute Gasteiger partial charge is 0.301 e. The van der Waals surface area contributed by atoms with Gasteiger partial charge >= 0.3 is 0 Å². The smallest absolute Gasteiger partial charge is 0.0832 e. The molecular weight excluding hydrogens is 196 g/mol. The van der Waals surface area contributed by atoms with E-state index in [-0.39, 0.29) is 5.54 Å². The second-order valence-corrected chi connectivity index (χ2v) is 5.46. The van der Waals surface area contributed by atoms with Crippen LogP contribution in [0.2, 0.25) is 0 Å². The fourth-order valence-corrected chi connectivity index (χ4v) is 3.75. The highest BCUT2D eigenvalue weighted by Crippen LogP contribution is 2.45. The third-order valence-corrected chi connectivity index (χ3v) is 4.32. The average molecular weight is 216 g/mol. The second-order valence-electron chi connectivity index (χ2n) is 5.46. The second kappa shape index (κ2) is 4.48. The third kappa shape index (κ3) is 1.83. The van der Waals surface area contributed by atoms with Crippen molar-refractivity contribution in [3.63, 3.8) is 0 Å². The molecule has 1 saturated carbocycles. The summed E-state index contributed by atoms with van der Waals surface area (Å²) in [4.78, 5) is 0. The zero-order chi connectivity index (χ0) is 11.6. The molecule has 1 saturated heterocycles. The molecule has 1 aliphatic heterocycles. The van der Waals surface area contributed by atoms with Crippen LogP contribution in [-0.4, -0.2) is 12.1 Å². The van der Waals surface area contributed by atoms with Crippen molar-refractivity contribution < 1.29 is 0 Å². The minimum absolute atomic E-state index is 0.114. The Labute approximate surface area is 98.4 Å². The van der Waals surface area contributed by atoms with Crippen LogP contribution in [0, 0.1) is 41.4 Å². The van der Waals surface area contributed by atoms with Gasteiger partial charge in [-0.05, 0) is 50.0 Å². The van der Waals surface area contributed by atoms with Crippen LogP contribution in [0.1, 0.15) is 39.0 Å². The van der Waals surface area contributed by atoms with E-state index in [1.807, 2.05) is 0 Å². The van der Waals surface area contributed by atoms with Crippen LogP contribution in [0.15, 0.2) is 0 Å². The molecule has 2 aliphatic rings. The number of terminal acetylenes is 1. The molecule has 0 spiro atoms. The normalized spacial score (nSPS) is 42.8. The van der Waals surface area contributed by atoms with Crippen LogP contribution in [-0.2, 0) is 0 Å². The molecule has 0 bridgehead atoms. The first-order valence-corrected chi connectivity index (χ1v) is 6.31. The Hall–Kier alpha value is -0.990. The summed E-state index contributed by atoms with van der Waals surface area (Å²) in [5, 5.41) is 12.5. The Morgan fingerprint density at radius 3 is 3.06 bits per heavy atom. The Kier molecular flexibility index (Phi) is 3.22. The van der Waals surface area contributed by atoms with Gasteiger partial charge < -0.3 is 5.32 Å². The lowest BCUT2D eigenvalue weighted by atomic mass is 9.60. The van der Waals surface area contributed by atoms with E-state index in [4.69, 9.17) is 11.7 Å². The minimum Gasteiger partial charge on any atom is -0.301 e. The summed E-state index contributed by atoms with van der Waals surface area (Å²) in [6.07, 6.45) is 11.1. The van der Waals surface area contributed by atoms with E-state index in [9.17, 15) is 0 Å². The summed E-state index contributed by atoms with van der Waals surface area (Å²) in [6, 6.07) is 2.34. The molecule has 0 unspecified atom stereocenters. The fraction of sp³-hybridized carbons (Fsp3) is 0.786. The first kappa shape index (κ1) is 11.5. The van der Waals surface area contributed by atoms with E-state index in [2.05, 4.69) is 24.2 Å². The Morgan fingerprint density at radius 1 is 1.56 bits per heavy atom. The maximum Gasteiger partial charge on any atom is 0.0832 e. The van der Waals surface area contributed by atoms with Gasteiger partial charge in [0, 0.05) is 6.42 Å². The first-order chi connectivity index (χ1) is 7.72. The maximum absolute atomic E-state index is 8.93. The molecule has 2 rings (SSSR count). The number of nitrogens with zero attached hydrogens (tertiary/aromatic N) is 1. The molecule has 2 nitrogen and oxygen atoms in total. The summed E-state index contributed by atoms with van der Waals surface area (Å²) >= 11 is 0. The van der Waals surface area contributed by atoms with Crippen molar-refractivity contribution in [3.8, 4) is 18.4 Å². The van der Waals surface area contributed by atoms with Gasteiger partial charge in [-0.2, -0.15) is 5.26 Å². The highest BCUT2D eigenvalue weighted by Gasteiger charge is 2.47. The quantitative estimate of drug-likeness (QED) is 0.683. The topological polar surface area (TPSA) is 35.8 Å². The van der Waals surface area contributed by atoms with Gasteiger partial charge in [0.1, 0.15) is 0 Å². The van der Waals surface area contributed by atoms with Gasteiger partial charge in [-0.15, -0.1) is 6.42 Å². The van der Waals surface area contributed by atoms with Crippen molar-refractivity contribution >= 4 is 0 Å². The van der Waals surface area contributed by atoms with E-state index in [0.717, 1.165) is 13.0 Å². The van der Waals surface area contributed by atoms with Crippen molar-refractivity contribution in [2.24, 2.45) is 17.8 Å². The van der Waals surface area contributed by atoms with Gasteiger partial charge in [-0.25, -0.2) is 0 Å². The molecular formula is C14H20N2. The van der Waals surface area contributed by atoms with Crippen LogP contribution >= 0.6 is 0 Å². The Morgan fingerprint density at radius 2 is 2.38 bits per heavy atom. The van der Waals surface area contributed by atoms with Gasteiger partial charge in [-0.3, -0.25) is 0 Å². The third-order valence-electron chi connectivity index (χ3n) is 4.32. The highest BCUT2D eigenvalue weighted by atomic mass is 15.0. The molecule has 0 aromatic carbocycles. The van der Waals surface area contributed by atoms with Gasteiger partial charge in [0.05, 0.1) is 11.6 Å². The lowest BCUT2D eigenvalue weighted by Crippen LogP contribution is -2.59. The minimum atomic E-state index is -0.114. The lowest BCUT2D eigenvalue weighted by molar-refractivity contribution is 0.0654. The number of nitrogens with one attached hydrogen (secondary N) is 1. The predicted octanol–water partition coefficient (Wildman–Crippen LogP) is 2.32. The molecule has 16 heavy (non-hydrogen) atoms. The monoisotopic (exact) mass is 216 g/mol. The summed E-state index contributed by atoms with van der Waals surface area (Å²) in [5.41, 5.74) is -0.114. The number of nitriles is 1. The van der Waals surface area contributed by atoms with Crippen LogP contribution < -0.4 is 5.32 Å². The number of rotatable bonds is 1. The van der Waals surface area contributed by atoms with E-state index >= 15 is 0 Å². The number of piperidine rings is 1. The summed E-state index contributed by atoms with van der Waals surface area (Å²) in [5.74, 6) is 4.67. The number of hydrogen-bond donors (Lipinski definition) is 1. The molecule has 4 atom stereocenters. The molecule has 0 aromatic rings. The van der Waals surface area contributed by atoms with Crippen molar-refractivity contribution in [2.45, 2.75) is 44.6 Å². The molecule has 0 radical (unpaired) electrons. The standard InChI is InChI=1S/C14H20N2/c1-3-14-10-11(2)9-12(6-7-15)13(14)5-4-8-16-14/h1,11-13,16H,4-6,8-10H2,2H3/t11-,12-,13-,14-/m1/s1. The van der Waals surface area contributed by atoms with Gasteiger partial charge in [0.25, 0.3) is 0 Å². The molecule has 2 fully saturated rings. The Balaban J connectivity index is 2.25. The molecule has 1 heterocycles. The van der Waals surface area contributed by atoms with Crippen LogP contribution in [0.5, 0.6) is 0 Å². The molecule has 1 aliphatic carbocycles. The highest BCUT2D eigenvalue weighted by molar-refractivity contribution is 5.20. The van der Waals surface area contributed by atoms with Gasteiger partial charge in [-0.1, -0.05) is 12.8 Å². The van der Waals surface area contributed by atoms with Crippen molar-refractivity contribution in [3.05, 3.63) is 0 Å². The van der Waals surface area contributed by atoms with Crippen LogP contribution in [0.4, 0.5) is 0 Å². The van der Waals surface area contributed by atoms with Crippen molar-refractivity contribution in [1.29, 1.82) is 5.26 Å². The van der Waals surface area contributed by atoms with Crippen LogP contribution in [0.3, 0.4) is 0 Å². The Bertz CT molecular complexity index is 336.